The minimum atomic E-state index is -0.778. The number of aliphatic hydroxyl groups is 1. The second kappa shape index (κ2) is 68.9. The molecule has 0 amide bonds. The Labute approximate surface area is 487 Å². The molecule has 0 aromatic carbocycles. The van der Waals surface area contributed by atoms with Crippen molar-refractivity contribution in [3.05, 3.63) is 60.8 Å². The third-order valence-corrected chi connectivity index (χ3v) is 15.8. The zero-order valence-corrected chi connectivity index (χ0v) is 52.4. The first kappa shape index (κ1) is 75.6. The number of rotatable bonds is 65. The van der Waals surface area contributed by atoms with Crippen LogP contribution in [0.1, 0.15) is 373 Å². The number of hydrogen-bond acceptors (Lipinski definition) is 5. The first-order chi connectivity index (χ1) is 38.6. The highest BCUT2D eigenvalue weighted by Crippen LogP contribution is 2.19. The number of esters is 2. The van der Waals surface area contributed by atoms with Crippen molar-refractivity contribution in [2.24, 2.45) is 0 Å². The van der Waals surface area contributed by atoms with Crippen LogP contribution in [-0.4, -0.2) is 36.4 Å². The zero-order valence-electron chi connectivity index (χ0n) is 52.4. The Morgan fingerprint density at radius 3 is 0.833 bits per heavy atom. The molecule has 1 unspecified atom stereocenters. The maximum Gasteiger partial charge on any atom is 0.306 e. The van der Waals surface area contributed by atoms with Gasteiger partial charge in [0, 0.05) is 12.8 Å². The average Bonchev–Trinajstić information content (AvgIpc) is 3.44. The summed E-state index contributed by atoms with van der Waals surface area (Å²) in [6.45, 7) is 4.07. The van der Waals surface area contributed by atoms with Gasteiger partial charge in [-0.1, -0.05) is 364 Å². The van der Waals surface area contributed by atoms with Gasteiger partial charge in [0.15, 0.2) is 6.10 Å². The fourth-order valence-corrected chi connectivity index (χ4v) is 10.6. The van der Waals surface area contributed by atoms with Crippen molar-refractivity contribution in [2.45, 2.75) is 380 Å². The molecule has 0 aliphatic rings. The normalized spacial score (nSPS) is 12.5. The van der Waals surface area contributed by atoms with Crippen molar-refractivity contribution in [3.8, 4) is 0 Å². The lowest BCUT2D eigenvalue weighted by Crippen LogP contribution is -2.28. The second-order valence-corrected chi connectivity index (χ2v) is 23.6. The van der Waals surface area contributed by atoms with Crippen molar-refractivity contribution < 1.29 is 24.2 Å². The molecule has 0 aromatic heterocycles. The molecule has 0 fully saturated rings. The summed E-state index contributed by atoms with van der Waals surface area (Å²) in [5.74, 6) is -0.582. The van der Waals surface area contributed by atoms with Gasteiger partial charge in [-0.25, -0.2) is 0 Å². The van der Waals surface area contributed by atoms with E-state index in [9.17, 15) is 14.7 Å². The number of unbranched alkanes of at least 4 members (excludes halogenated alkanes) is 47. The van der Waals surface area contributed by atoms with E-state index in [0.29, 0.717) is 12.8 Å². The number of hydrogen-bond donors (Lipinski definition) is 1. The molecular formula is C73H134O5. The smallest absolute Gasteiger partial charge is 0.306 e. The molecule has 78 heavy (non-hydrogen) atoms. The van der Waals surface area contributed by atoms with E-state index in [2.05, 4.69) is 74.6 Å². The topological polar surface area (TPSA) is 72.8 Å². The van der Waals surface area contributed by atoms with Crippen molar-refractivity contribution in [1.82, 2.24) is 0 Å². The lowest BCUT2D eigenvalue weighted by Gasteiger charge is -2.15. The summed E-state index contributed by atoms with van der Waals surface area (Å²) in [4.78, 5) is 24.6. The van der Waals surface area contributed by atoms with Crippen LogP contribution in [0.15, 0.2) is 60.8 Å². The molecule has 0 saturated heterocycles. The fraction of sp³-hybridized carbons (Fsp3) is 0.836. The van der Waals surface area contributed by atoms with Gasteiger partial charge in [0.25, 0.3) is 0 Å². The van der Waals surface area contributed by atoms with E-state index in [1.165, 1.54) is 276 Å². The molecule has 456 valence electrons. The predicted octanol–water partition coefficient (Wildman–Crippen LogP) is 24.1. The maximum absolute atomic E-state index is 12.3. The van der Waals surface area contributed by atoms with Crippen LogP contribution < -0.4 is 0 Å². The third-order valence-electron chi connectivity index (χ3n) is 15.8. The van der Waals surface area contributed by atoms with Gasteiger partial charge < -0.3 is 14.6 Å². The molecule has 1 N–H and O–H groups in total. The summed E-state index contributed by atoms with van der Waals surface area (Å²) in [5, 5.41) is 9.69. The van der Waals surface area contributed by atoms with E-state index in [4.69, 9.17) is 9.47 Å². The summed E-state index contributed by atoms with van der Waals surface area (Å²) in [6.07, 6.45) is 94.1. The molecule has 0 radical (unpaired) electrons. The van der Waals surface area contributed by atoms with Gasteiger partial charge in [0.2, 0.25) is 0 Å². The Morgan fingerprint density at radius 1 is 0.308 bits per heavy atom. The van der Waals surface area contributed by atoms with Crippen LogP contribution in [0, 0.1) is 0 Å². The summed E-state index contributed by atoms with van der Waals surface area (Å²) in [6, 6.07) is 0. The van der Waals surface area contributed by atoms with Crippen molar-refractivity contribution in [2.75, 3.05) is 13.2 Å². The Bertz CT molecular complexity index is 1330. The number of carbonyl (C=O) groups is 2. The summed E-state index contributed by atoms with van der Waals surface area (Å²) < 4.78 is 10.7. The molecule has 0 aliphatic carbocycles. The van der Waals surface area contributed by atoms with Gasteiger partial charge in [0.1, 0.15) is 6.61 Å². The van der Waals surface area contributed by atoms with Crippen LogP contribution in [0.4, 0.5) is 0 Å². The van der Waals surface area contributed by atoms with E-state index < -0.39 is 6.10 Å². The summed E-state index contributed by atoms with van der Waals surface area (Å²) in [7, 11) is 0. The molecule has 0 heterocycles. The largest absolute Gasteiger partial charge is 0.462 e. The average molecular weight is 1090 g/mol. The first-order valence-electron chi connectivity index (χ1n) is 34.8. The highest BCUT2D eigenvalue weighted by molar-refractivity contribution is 5.70. The molecule has 5 heteroatoms. The van der Waals surface area contributed by atoms with Crippen LogP contribution in [0.3, 0.4) is 0 Å². The molecule has 0 spiro atoms. The van der Waals surface area contributed by atoms with Gasteiger partial charge in [-0.3, -0.25) is 9.59 Å². The molecule has 0 aliphatic heterocycles. The van der Waals surface area contributed by atoms with Crippen LogP contribution in [0.25, 0.3) is 0 Å². The Kier molecular flexibility index (Phi) is 66.8. The van der Waals surface area contributed by atoms with Gasteiger partial charge in [-0.05, 0) is 57.8 Å². The minimum absolute atomic E-state index is 0.0663. The predicted molar refractivity (Wildman–Crippen MR) is 344 cm³/mol. The monoisotopic (exact) mass is 1090 g/mol. The molecule has 0 rings (SSSR count). The number of carbonyl (C=O) groups excluding carboxylic acids is 2. The van der Waals surface area contributed by atoms with Crippen LogP contribution in [0.5, 0.6) is 0 Å². The molecule has 5 nitrogen and oxygen atoms in total. The van der Waals surface area contributed by atoms with Gasteiger partial charge in [-0.15, -0.1) is 0 Å². The lowest BCUT2D eigenvalue weighted by atomic mass is 10.0. The Balaban J connectivity index is 3.39. The summed E-state index contributed by atoms with van der Waals surface area (Å²) in [5.41, 5.74) is 0. The standard InChI is InChI=1S/C73H134O5/c1-3-5-7-9-11-13-15-17-19-21-23-25-27-29-30-31-32-33-34-35-36-37-38-39-40-41-42-44-45-47-49-51-53-55-57-59-61-63-65-67-72(75)77-70-71(69-74)78-73(76)68-66-64-62-60-58-56-54-52-50-48-46-43-28-26-24-22-20-18-16-14-12-10-8-6-4-2/h6,8,12,14,18,20,24,26,43,46,71,74H,3-5,7,9-11,13,15-17,19,21-23,25,27-42,44-45,47-70H2,1-2H3/b8-6-,14-12-,20-18-,26-24-,46-43-. The molecule has 0 aromatic rings. The molecule has 0 bridgehead atoms. The molecule has 1 atom stereocenters. The van der Waals surface area contributed by atoms with Gasteiger partial charge >= 0.3 is 11.9 Å². The van der Waals surface area contributed by atoms with Gasteiger partial charge in [-0.2, -0.15) is 0 Å². The van der Waals surface area contributed by atoms with Crippen molar-refractivity contribution in [1.29, 1.82) is 0 Å². The van der Waals surface area contributed by atoms with E-state index in [0.717, 1.165) is 70.6 Å². The van der Waals surface area contributed by atoms with Crippen LogP contribution >= 0.6 is 0 Å². The SMILES string of the molecule is CC/C=C\C/C=C\C/C=C\C/C=C\C/C=C\CCCCCCCCCCCC(=O)OC(CO)COC(=O)CCCCCCCCCCCCCCCCCCCCCCCCCCCCCCCCCCCCCCCCC. The van der Waals surface area contributed by atoms with E-state index in [-0.39, 0.29) is 25.2 Å². The number of aliphatic hydroxyl groups excluding tert-OH is 1. The highest BCUT2D eigenvalue weighted by Gasteiger charge is 2.16. The van der Waals surface area contributed by atoms with Crippen molar-refractivity contribution in [3.63, 3.8) is 0 Å². The van der Waals surface area contributed by atoms with E-state index in [1.54, 1.807) is 0 Å². The minimum Gasteiger partial charge on any atom is -0.462 e. The summed E-state index contributed by atoms with van der Waals surface area (Å²) >= 11 is 0. The number of ether oxygens (including phenoxy) is 2. The third kappa shape index (κ3) is 66.1. The highest BCUT2D eigenvalue weighted by atomic mass is 16.6. The molecular weight excluding hydrogens is 957 g/mol. The Morgan fingerprint density at radius 2 is 0.551 bits per heavy atom. The Hall–Kier alpha value is -2.40. The van der Waals surface area contributed by atoms with Crippen molar-refractivity contribution >= 4 is 11.9 Å². The van der Waals surface area contributed by atoms with Crippen LogP contribution in [-0.2, 0) is 19.1 Å². The van der Waals surface area contributed by atoms with E-state index >= 15 is 0 Å². The quantitative estimate of drug-likeness (QED) is 0.0373. The maximum atomic E-state index is 12.3. The second-order valence-electron chi connectivity index (χ2n) is 23.6. The fourth-order valence-electron chi connectivity index (χ4n) is 10.6. The van der Waals surface area contributed by atoms with Gasteiger partial charge in [0.05, 0.1) is 6.61 Å². The van der Waals surface area contributed by atoms with E-state index in [1.807, 2.05) is 0 Å². The lowest BCUT2D eigenvalue weighted by molar-refractivity contribution is -0.161. The zero-order chi connectivity index (χ0) is 56.2. The van der Waals surface area contributed by atoms with Crippen LogP contribution in [0.2, 0.25) is 0 Å². The number of allylic oxidation sites excluding steroid dienone is 10. The first-order valence-corrected chi connectivity index (χ1v) is 34.8. The molecule has 0 saturated carbocycles.